The van der Waals surface area contributed by atoms with E-state index in [0.29, 0.717) is 11.8 Å². The highest BCUT2D eigenvalue weighted by Gasteiger charge is 2.22. The van der Waals surface area contributed by atoms with E-state index < -0.39 is 0 Å². The number of carbonyl (C=O) groups excluding carboxylic acids is 1. The zero-order valence-corrected chi connectivity index (χ0v) is 11.4. The van der Waals surface area contributed by atoms with Crippen LogP contribution in [0.4, 0.5) is 5.69 Å². The molecule has 0 saturated heterocycles. The minimum atomic E-state index is 0.112. The molecule has 0 spiro atoms. The second-order valence-electron chi connectivity index (χ2n) is 5.18. The Balaban J connectivity index is 1.75. The Hall–Kier alpha value is -2.17. The number of rotatable bonds is 3. The molecule has 1 saturated carbocycles. The predicted octanol–water partition coefficient (Wildman–Crippen LogP) is 3.17. The van der Waals surface area contributed by atoms with E-state index in [1.165, 1.54) is 0 Å². The molecular formula is C15H17N3O2. The lowest BCUT2D eigenvalue weighted by Gasteiger charge is -2.10. The second kappa shape index (κ2) is 5.45. The lowest BCUT2D eigenvalue weighted by atomic mass is 10.1. The third-order valence-corrected chi connectivity index (χ3v) is 3.63. The number of anilines is 1. The van der Waals surface area contributed by atoms with Crippen LogP contribution in [0.25, 0.3) is 11.5 Å². The van der Waals surface area contributed by atoms with Gasteiger partial charge >= 0.3 is 0 Å². The van der Waals surface area contributed by atoms with Crippen molar-refractivity contribution in [2.75, 3.05) is 5.32 Å². The number of aryl methyl sites for hydroxylation is 1. The van der Waals surface area contributed by atoms with Crippen molar-refractivity contribution < 1.29 is 9.21 Å². The second-order valence-corrected chi connectivity index (χ2v) is 5.18. The fourth-order valence-corrected chi connectivity index (χ4v) is 2.58. The molecule has 1 aliphatic carbocycles. The molecule has 1 aliphatic rings. The van der Waals surface area contributed by atoms with Gasteiger partial charge in [-0.25, -0.2) is 0 Å². The van der Waals surface area contributed by atoms with E-state index in [1.807, 2.05) is 24.3 Å². The summed E-state index contributed by atoms with van der Waals surface area (Å²) in [6, 6.07) is 7.50. The van der Waals surface area contributed by atoms with Crippen molar-refractivity contribution in [3.63, 3.8) is 0 Å². The van der Waals surface area contributed by atoms with Crippen LogP contribution in [0.15, 0.2) is 28.7 Å². The molecule has 5 heteroatoms. The number of hydrogen-bond acceptors (Lipinski definition) is 4. The van der Waals surface area contributed by atoms with Gasteiger partial charge in [-0.1, -0.05) is 18.9 Å². The monoisotopic (exact) mass is 271 g/mol. The summed E-state index contributed by atoms with van der Waals surface area (Å²) in [5.74, 6) is 1.27. The topological polar surface area (TPSA) is 68.0 Å². The van der Waals surface area contributed by atoms with E-state index in [9.17, 15) is 4.79 Å². The molecule has 3 rings (SSSR count). The Morgan fingerprint density at radius 3 is 2.80 bits per heavy atom. The molecule has 1 amide bonds. The summed E-state index contributed by atoms with van der Waals surface area (Å²) in [6.07, 6.45) is 4.29. The van der Waals surface area contributed by atoms with Gasteiger partial charge in [0, 0.05) is 24.1 Å². The lowest BCUT2D eigenvalue weighted by molar-refractivity contribution is -0.119. The Morgan fingerprint density at radius 1 is 1.30 bits per heavy atom. The first-order valence-electron chi connectivity index (χ1n) is 6.94. The van der Waals surface area contributed by atoms with E-state index >= 15 is 0 Å². The van der Waals surface area contributed by atoms with E-state index in [4.69, 9.17) is 4.42 Å². The summed E-state index contributed by atoms with van der Waals surface area (Å²) in [5.41, 5.74) is 1.59. The fraction of sp³-hybridized carbons (Fsp3) is 0.400. The van der Waals surface area contributed by atoms with Gasteiger partial charge in [-0.3, -0.25) is 4.79 Å². The van der Waals surface area contributed by atoms with Crippen LogP contribution in [0.1, 0.15) is 31.6 Å². The highest BCUT2D eigenvalue weighted by molar-refractivity contribution is 5.93. The third kappa shape index (κ3) is 2.71. The number of nitrogens with zero attached hydrogens (tertiary/aromatic N) is 2. The third-order valence-electron chi connectivity index (χ3n) is 3.63. The molecule has 0 radical (unpaired) electrons. The van der Waals surface area contributed by atoms with Gasteiger partial charge in [0.15, 0.2) is 0 Å². The number of nitrogens with one attached hydrogen (secondary N) is 1. The van der Waals surface area contributed by atoms with E-state index in [2.05, 4.69) is 15.5 Å². The van der Waals surface area contributed by atoms with Crippen LogP contribution in [0.5, 0.6) is 0 Å². The number of carbonyl (C=O) groups is 1. The van der Waals surface area contributed by atoms with Crippen LogP contribution < -0.4 is 5.32 Å². The van der Waals surface area contributed by atoms with Gasteiger partial charge in [0.1, 0.15) is 0 Å². The van der Waals surface area contributed by atoms with Crippen molar-refractivity contribution in [1.82, 2.24) is 10.2 Å². The minimum Gasteiger partial charge on any atom is -0.421 e. The molecular weight excluding hydrogens is 254 g/mol. The number of amides is 1. The highest BCUT2D eigenvalue weighted by atomic mass is 16.4. The quantitative estimate of drug-likeness (QED) is 0.931. The average molecular weight is 271 g/mol. The molecule has 1 aromatic carbocycles. The van der Waals surface area contributed by atoms with Crippen LogP contribution in [0, 0.1) is 12.8 Å². The summed E-state index contributed by atoms with van der Waals surface area (Å²) < 4.78 is 5.39. The molecule has 1 heterocycles. The van der Waals surface area contributed by atoms with Gasteiger partial charge in [-0.05, 0) is 31.0 Å². The minimum absolute atomic E-state index is 0.112. The number of benzene rings is 1. The van der Waals surface area contributed by atoms with Crippen LogP contribution in [0.3, 0.4) is 0 Å². The Bertz CT molecular complexity index is 615. The molecule has 20 heavy (non-hydrogen) atoms. The highest BCUT2D eigenvalue weighted by Crippen LogP contribution is 2.27. The van der Waals surface area contributed by atoms with E-state index in [1.54, 1.807) is 6.92 Å². The van der Waals surface area contributed by atoms with Crippen LogP contribution >= 0.6 is 0 Å². The molecule has 1 aromatic heterocycles. The largest absolute Gasteiger partial charge is 0.421 e. The van der Waals surface area contributed by atoms with Crippen molar-refractivity contribution in [2.45, 2.75) is 32.6 Å². The summed E-state index contributed by atoms with van der Waals surface area (Å²) in [5, 5.41) is 10.8. The Kier molecular flexibility index (Phi) is 3.50. The van der Waals surface area contributed by atoms with Crippen LogP contribution in [0.2, 0.25) is 0 Å². The maximum atomic E-state index is 12.1. The van der Waals surface area contributed by atoms with Crippen LogP contribution in [-0.4, -0.2) is 16.1 Å². The molecule has 1 N–H and O–H groups in total. The molecule has 1 fully saturated rings. The van der Waals surface area contributed by atoms with E-state index in [0.717, 1.165) is 36.9 Å². The van der Waals surface area contributed by atoms with Gasteiger partial charge in [-0.15, -0.1) is 10.2 Å². The Morgan fingerprint density at radius 2 is 2.10 bits per heavy atom. The standard InChI is InChI=1S/C15H17N3O2/c1-10-17-18-15(20-10)12-7-4-8-13(9-12)16-14(19)11-5-2-3-6-11/h4,7-9,11H,2-3,5-6H2,1H3,(H,16,19). The summed E-state index contributed by atoms with van der Waals surface area (Å²) in [4.78, 5) is 12.1. The maximum absolute atomic E-state index is 12.1. The molecule has 5 nitrogen and oxygen atoms in total. The van der Waals surface area contributed by atoms with Gasteiger partial charge in [-0.2, -0.15) is 0 Å². The first-order valence-corrected chi connectivity index (χ1v) is 6.94. The number of aromatic nitrogens is 2. The molecule has 0 atom stereocenters. The molecule has 2 aromatic rings. The van der Waals surface area contributed by atoms with Gasteiger partial charge in [0.25, 0.3) is 0 Å². The van der Waals surface area contributed by atoms with Gasteiger partial charge < -0.3 is 9.73 Å². The normalized spacial score (nSPS) is 15.4. The van der Waals surface area contributed by atoms with Gasteiger partial charge in [0.2, 0.25) is 17.7 Å². The smallest absolute Gasteiger partial charge is 0.247 e. The van der Waals surface area contributed by atoms with Crippen molar-refractivity contribution in [2.24, 2.45) is 5.92 Å². The maximum Gasteiger partial charge on any atom is 0.247 e. The fourth-order valence-electron chi connectivity index (χ4n) is 2.58. The van der Waals surface area contributed by atoms with Crippen LogP contribution in [-0.2, 0) is 4.79 Å². The molecule has 0 bridgehead atoms. The molecule has 0 unspecified atom stereocenters. The molecule has 104 valence electrons. The zero-order valence-electron chi connectivity index (χ0n) is 11.4. The predicted molar refractivity (Wildman–Crippen MR) is 75.1 cm³/mol. The first-order chi connectivity index (χ1) is 9.72. The zero-order chi connectivity index (χ0) is 13.9. The van der Waals surface area contributed by atoms with Crippen molar-refractivity contribution in [3.05, 3.63) is 30.2 Å². The van der Waals surface area contributed by atoms with Crippen molar-refractivity contribution in [3.8, 4) is 11.5 Å². The molecule has 0 aliphatic heterocycles. The average Bonchev–Trinajstić information content (AvgIpc) is 3.10. The van der Waals surface area contributed by atoms with E-state index in [-0.39, 0.29) is 11.8 Å². The SMILES string of the molecule is Cc1nnc(-c2cccc(NC(=O)C3CCCC3)c2)o1. The first kappa shape index (κ1) is 12.8. The Labute approximate surface area is 117 Å². The van der Waals surface area contributed by atoms with Crippen molar-refractivity contribution >= 4 is 11.6 Å². The summed E-state index contributed by atoms with van der Waals surface area (Å²) in [7, 11) is 0. The van der Waals surface area contributed by atoms with Crippen molar-refractivity contribution in [1.29, 1.82) is 0 Å². The van der Waals surface area contributed by atoms with Gasteiger partial charge in [0.05, 0.1) is 0 Å². The summed E-state index contributed by atoms with van der Waals surface area (Å²) >= 11 is 0. The number of hydrogen-bond donors (Lipinski definition) is 1. The summed E-state index contributed by atoms with van der Waals surface area (Å²) in [6.45, 7) is 1.75. The lowest BCUT2D eigenvalue weighted by Crippen LogP contribution is -2.20.